The van der Waals surface area contributed by atoms with Crippen LogP contribution < -0.4 is 5.56 Å². The largest absolute Gasteiger partial charge is 0.363 e. The summed E-state index contributed by atoms with van der Waals surface area (Å²) in [6.45, 7) is 5.76. The maximum absolute atomic E-state index is 13.7. The fourth-order valence-electron chi connectivity index (χ4n) is 2.05. The van der Waals surface area contributed by atoms with Crippen LogP contribution in [-0.2, 0) is 0 Å². The fraction of sp³-hybridized carbons (Fsp3) is 0.200. The van der Waals surface area contributed by atoms with Crippen LogP contribution in [0.4, 0.5) is 4.39 Å². The van der Waals surface area contributed by atoms with Crippen molar-refractivity contribution in [1.82, 2.24) is 9.72 Å². The first-order valence-electron chi connectivity index (χ1n) is 6.40. The zero-order valence-corrected chi connectivity index (χ0v) is 11.6. The van der Waals surface area contributed by atoms with E-state index in [1.54, 1.807) is 31.2 Å². The number of fused-ring (bicyclic) bond motifs is 1. The lowest BCUT2D eigenvalue weighted by Crippen LogP contribution is -2.21. The van der Waals surface area contributed by atoms with Gasteiger partial charge in [-0.15, -0.1) is 0 Å². The van der Waals surface area contributed by atoms with E-state index in [0.29, 0.717) is 16.9 Å². The maximum Gasteiger partial charge on any atom is 0.267 e. The monoisotopic (exact) mass is 274 g/mol. The number of benzene rings is 1. The summed E-state index contributed by atoms with van der Waals surface area (Å²) in [5, 5.41) is 4.35. The lowest BCUT2D eigenvalue weighted by atomic mass is 10.1. The topological polar surface area (TPSA) is 48.0 Å². The van der Waals surface area contributed by atoms with E-state index in [-0.39, 0.29) is 5.39 Å². The molecule has 4 nitrogen and oxygen atoms in total. The maximum atomic E-state index is 13.7. The van der Waals surface area contributed by atoms with Crippen LogP contribution in [0.15, 0.2) is 45.9 Å². The predicted molar refractivity (Wildman–Crippen MR) is 75.6 cm³/mol. The highest BCUT2D eigenvalue weighted by Crippen LogP contribution is 2.17. The Labute approximate surface area is 115 Å². The van der Waals surface area contributed by atoms with E-state index >= 15 is 0 Å². The van der Waals surface area contributed by atoms with Gasteiger partial charge in [0.2, 0.25) is 0 Å². The Balaban J connectivity index is 0.000000704. The van der Waals surface area contributed by atoms with Gasteiger partial charge in [0.25, 0.3) is 5.56 Å². The van der Waals surface area contributed by atoms with Crippen LogP contribution in [0.25, 0.3) is 16.6 Å². The second-order valence-electron chi connectivity index (χ2n) is 3.99. The van der Waals surface area contributed by atoms with Crippen molar-refractivity contribution in [1.29, 1.82) is 0 Å². The minimum Gasteiger partial charge on any atom is -0.363 e. The van der Waals surface area contributed by atoms with E-state index in [1.165, 1.54) is 16.9 Å². The van der Waals surface area contributed by atoms with Gasteiger partial charge in [-0.1, -0.05) is 31.1 Å². The Morgan fingerprint density at radius 3 is 2.65 bits per heavy atom. The average Bonchev–Trinajstić information content (AvgIpc) is 2.94. The summed E-state index contributed by atoms with van der Waals surface area (Å²) in [4.78, 5) is 12.3. The van der Waals surface area contributed by atoms with E-state index in [0.717, 1.165) is 0 Å². The fourth-order valence-corrected chi connectivity index (χ4v) is 2.05. The van der Waals surface area contributed by atoms with E-state index in [1.807, 2.05) is 13.8 Å². The van der Waals surface area contributed by atoms with Gasteiger partial charge in [0.05, 0.1) is 5.39 Å². The molecular weight excluding hydrogens is 259 g/mol. The van der Waals surface area contributed by atoms with Gasteiger partial charge >= 0.3 is 0 Å². The van der Waals surface area contributed by atoms with Gasteiger partial charge in [-0.25, -0.2) is 4.39 Å². The number of hydrogen-bond donors (Lipinski definition) is 0. The van der Waals surface area contributed by atoms with Gasteiger partial charge in [-0.3, -0.25) is 9.36 Å². The summed E-state index contributed by atoms with van der Waals surface area (Å²) in [6, 6.07) is 7.86. The molecular formula is C15H15FN2O2. The summed E-state index contributed by atoms with van der Waals surface area (Å²) in [5.41, 5.74) is 0.240. The van der Waals surface area contributed by atoms with Crippen LogP contribution >= 0.6 is 0 Å². The number of aryl methyl sites for hydroxylation is 1. The molecule has 0 fully saturated rings. The molecule has 0 aliphatic rings. The van der Waals surface area contributed by atoms with Gasteiger partial charge in [-0.05, 0) is 24.4 Å². The minimum absolute atomic E-state index is 0.0612. The molecule has 0 aliphatic heterocycles. The van der Waals surface area contributed by atoms with Crippen molar-refractivity contribution < 1.29 is 8.91 Å². The molecule has 3 rings (SSSR count). The van der Waals surface area contributed by atoms with Gasteiger partial charge in [0, 0.05) is 11.8 Å². The summed E-state index contributed by atoms with van der Waals surface area (Å²) in [6.07, 6.45) is 1.37. The highest BCUT2D eigenvalue weighted by molar-refractivity contribution is 5.82. The zero-order chi connectivity index (χ0) is 14.7. The minimum atomic E-state index is -0.533. The number of nitrogens with zero attached hydrogens (tertiary/aromatic N) is 2. The van der Waals surface area contributed by atoms with Crippen LogP contribution in [0.1, 0.15) is 19.5 Å². The Morgan fingerprint density at radius 1 is 1.25 bits per heavy atom. The predicted octanol–water partition coefficient (Wildman–Crippen LogP) is 3.45. The van der Waals surface area contributed by atoms with Crippen LogP contribution in [-0.4, -0.2) is 9.72 Å². The molecule has 0 radical (unpaired) electrons. The molecule has 20 heavy (non-hydrogen) atoms. The third kappa shape index (κ3) is 2.22. The van der Waals surface area contributed by atoms with Crippen molar-refractivity contribution in [3.8, 4) is 5.82 Å². The van der Waals surface area contributed by atoms with Gasteiger partial charge in [0.15, 0.2) is 5.82 Å². The lowest BCUT2D eigenvalue weighted by Gasteiger charge is -2.08. The number of pyridine rings is 1. The first-order valence-corrected chi connectivity index (χ1v) is 6.40. The van der Waals surface area contributed by atoms with Crippen molar-refractivity contribution in [3.05, 3.63) is 58.5 Å². The molecule has 0 saturated heterocycles. The molecule has 0 bridgehead atoms. The van der Waals surface area contributed by atoms with Crippen LogP contribution in [0.3, 0.4) is 0 Å². The first-order chi connectivity index (χ1) is 9.68. The van der Waals surface area contributed by atoms with Gasteiger partial charge in [-0.2, -0.15) is 0 Å². The molecule has 0 atom stereocenters. The second kappa shape index (κ2) is 5.69. The molecule has 5 heteroatoms. The van der Waals surface area contributed by atoms with E-state index < -0.39 is 11.4 Å². The average molecular weight is 274 g/mol. The SMILES string of the molecule is CC.Cc1cc2cccc(F)c2c(=O)n1-c1ccon1. The Morgan fingerprint density at radius 2 is 2.00 bits per heavy atom. The number of hydrogen-bond acceptors (Lipinski definition) is 3. The normalized spacial score (nSPS) is 10.2. The smallest absolute Gasteiger partial charge is 0.267 e. The Kier molecular flexibility index (Phi) is 3.98. The lowest BCUT2D eigenvalue weighted by molar-refractivity contribution is 0.416. The standard InChI is InChI=1S/C13H9FN2O2.C2H6/c1-8-7-9-3-2-4-10(14)12(9)13(17)16(8)11-5-6-18-15-11;1-2/h2-7H,1H3;1-2H3. The van der Waals surface area contributed by atoms with Crippen LogP contribution in [0, 0.1) is 12.7 Å². The first kappa shape index (κ1) is 14.0. The van der Waals surface area contributed by atoms with Gasteiger partial charge in [0.1, 0.15) is 12.1 Å². The molecule has 104 valence electrons. The van der Waals surface area contributed by atoms with Crippen molar-refractivity contribution in [2.45, 2.75) is 20.8 Å². The van der Waals surface area contributed by atoms with Crippen molar-refractivity contribution >= 4 is 10.8 Å². The number of halogens is 1. The van der Waals surface area contributed by atoms with Crippen molar-refractivity contribution in [2.75, 3.05) is 0 Å². The molecule has 0 N–H and O–H groups in total. The Hall–Kier alpha value is -2.43. The zero-order valence-electron chi connectivity index (χ0n) is 11.6. The van der Waals surface area contributed by atoms with E-state index in [4.69, 9.17) is 4.52 Å². The summed E-state index contributed by atoms with van der Waals surface area (Å²) < 4.78 is 19.8. The highest BCUT2D eigenvalue weighted by atomic mass is 19.1. The van der Waals surface area contributed by atoms with Crippen LogP contribution in [0.2, 0.25) is 0 Å². The second-order valence-corrected chi connectivity index (χ2v) is 3.99. The molecule has 0 amide bonds. The summed E-state index contributed by atoms with van der Waals surface area (Å²) in [5.74, 6) is -0.183. The molecule has 0 spiro atoms. The third-order valence-corrected chi connectivity index (χ3v) is 2.83. The van der Waals surface area contributed by atoms with Crippen LogP contribution in [0.5, 0.6) is 0 Å². The van der Waals surface area contributed by atoms with Crippen molar-refractivity contribution in [3.63, 3.8) is 0 Å². The number of aromatic nitrogens is 2. The molecule has 0 saturated carbocycles. The highest BCUT2D eigenvalue weighted by Gasteiger charge is 2.13. The van der Waals surface area contributed by atoms with E-state index in [9.17, 15) is 9.18 Å². The summed E-state index contributed by atoms with van der Waals surface area (Å²) >= 11 is 0. The van der Waals surface area contributed by atoms with E-state index in [2.05, 4.69) is 5.16 Å². The van der Waals surface area contributed by atoms with Crippen molar-refractivity contribution in [2.24, 2.45) is 0 Å². The molecule has 1 aromatic carbocycles. The quantitative estimate of drug-likeness (QED) is 0.682. The molecule has 0 unspecified atom stereocenters. The molecule has 2 heterocycles. The summed E-state index contributed by atoms with van der Waals surface area (Å²) in [7, 11) is 0. The Bertz CT molecular complexity index is 776. The number of rotatable bonds is 1. The third-order valence-electron chi connectivity index (χ3n) is 2.83. The molecule has 2 aromatic heterocycles. The molecule has 3 aromatic rings. The van der Waals surface area contributed by atoms with Gasteiger partial charge < -0.3 is 4.52 Å². The molecule has 0 aliphatic carbocycles.